The summed E-state index contributed by atoms with van der Waals surface area (Å²) in [6.07, 6.45) is 2.11. The molecule has 128 valence electrons. The standard InChI is InChI=1S/C18H23N3O3/c1-5-18(17(23)24-4,14-9-7-6-8-10-14)19-16(22)15-11-12-21(20-15)13(2)3/h6-13H,5H2,1-4H3,(H,19,22)/t18-/m1/s1. The number of amides is 1. The van der Waals surface area contributed by atoms with Gasteiger partial charge in [0.25, 0.3) is 5.91 Å². The molecule has 0 spiro atoms. The predicted octanol–water partition coefficient (Wildman–Crippen LogP) is 2.67. The van der Waals surface area contributed by atoms with Crippen LogP contribution in [0.2, 0.25) is 0 Å². The second-order valence-electron chi connectivity index (χ2n) is 5.85. The van der Waals surface area contributed by atoms with Crippen LogP contribution < -0.4 is 5.32 Å². The summed E-state index contributed by atoms with van der Waals surface area (Å²) < 4.78 is 6.66. The van der Waals surface area contributed by atoms with Crippen LogP contribution in [0.1, 0.15) is 49.3 Å². The molecule has 1 N–H and O–H groups in total. The van der Waals surface area contributed by atoms with Crippen molar-refractivity contribution in [2.75, 3.05) is 7.11 Å². The summed E-state index contributed by atoms with van der Waals surface area (Å²) in [5, 5.41) is 7.09. The molecule has 0 radical (unpaired) electrons. The number of ether oxygens (including phenoxy) is 1. The molecular formula is C18H23N3O3. The van der Waals surface area contributed by atoms with Gasteiger partial charge in [0.15, 0.2) is 5.54 Å². The first-order valence-corrected chi connectivity index (χ1v) is 7.96. The van der Waals surface area contributed by atoms with Crippen molar-refractivity contribution in [1.29, 1.82) is 0 Å². The van der Waals surface area contributed by atoms with Crippen LogP contribution in [0, 0.1) is 0 Å². The minimum Gasteiger partial charge on any atom is -0.467 e. The van der Waals surface area contributed by atoms with Crippen molar-refractivity contribution in [2.24, 2.45) is 0 Å². The fourth-order valence-corrected chi connectivity index (χ4v) is 2.58. The number of nitrogens with zero attached hydrogens (tertiary/aromatic N) is 2. The molecule has 0 aliphatic heterocycles. The number of esters is 1. The minimum atomic E-state index is -1.24. The Morgan fingerprint density at radius 3 is 2.42 bits per heavy atom. The lowest BCUT2D eigenvalue weighted by Gasteiger charge is -2.31. The van der Waals surface area contributed by atoms with Gasteiger partial charge in [0.1, 0.15) is 5.69 Å². The number of hydrogen-bond donors (Lipinski definition) is 1. The van der Waals surface area contributed by atoms with E-state index in [1.807, 2.05) is 39.0 Å². The molecule has 1 heterocycles. The largest absolute Gasteiger partial charge is 0.467 e. The third kappa shape index (κ3) is 3.32. The molecule has 0 saturated heterocycles. The molecule has 0 aliphatic carbocycles. The van der Waals surface area contributed by atoms with Gasteiger partial charge < -0.3 is 10.1 Å². The van der Waals surface area contributed by atoms with Gasteiger partial charge in [-0.15, -0.1) is 0 Å². The maximum Gasteiger partial charge on any atom is 0.336 e. The summed E-state index contributed by atoms with van der Waals surface area (Å²) in [4.78, 5) is 25.1. The second kappa shape index (κ2) is 7.29. The van der Waals surface area contributed by atoms with Crippen molar-refractivity contribution >= 4 is 11.9 Å². The second-order valence-corrected chi connectivity index (χ2v) is 5.85. The summed E-state index contributed by atoms with van der Waals surface area (Å²) in [6, 6.07) is 10.9. The Labute approximate surface area is 141 Å². The molecule has 0 unspecified atom stereocenters. The third-order valence-corrected chi connectivity index (χ3v) is 4.03. The van der Waals surface area contributed by atoms with Gasteiger partial charge in [0.05, 0.1) is 7.11 Å². The topological polar surface area (TPSA) is 73.2 Å². The molecule has 0 fully saturated rings. The van der Waals surface area contributed by atoms with Gasteiger partial charge in [-0.3, -0.25) is 9.48 Å². The number of aromatic nitrogens is 2. The Hall–Kier alpha value is -2.63. The van der Waals surface area contributed by atoms with Crippen molar-refractivity contribution in [3.8, 4) is 0 Å². The minimum absolute atomic E-state index is 0.150. The summed E-state index contributed by atoms with van der Waals surface area (Å²) in [7, 11) is 1.31. The lowest BCUT2D eigenvalue weighted by Crippen LogP contribution is -2.52. The molecule has 24 heavy (non-hydrogen) atoms. The molecule has 6 nitrogen and oxygen atoms in total. The first kappa shape index (κ1) is 17.7. The maximum atomic E-state index is 12.7. The summed E-state index contributed by atoms with van der Waals surface area (Å²) in [6.45, 7) is 5.78. The number of carbonyl (C=O) groups is 2. The quantitative estimate of drug-likeness (QED) is 0.827. The van der Waals surface area contributed by atoms with Crippen LogP contribution in [0.15, 0.2) is 42.6 Å². The van der Waals surface area contributed by atoms with Crippen LogP contribution in [0.4, 0.5) is 0 Å². The average molecular weight is 329 g/mol. The van der Waals surface area contributed by atoms with Crippen molar-refractivity contribution in [3.63, 3.8) is 0 Å². The van der Waals surface area contributed by atoms with E-state index < -0.39 is 17.4 Å². The predicted molar refractivity (Wildman–Crippen MR) is 90.5 cm³/mol. The summed E-state index contributed by atoms with van der Waals surface area (Å²) >= 11 is 0. The molecule has 6 heteroatoms. The Kier molecular flexibility index (Phi) is 5.39. The number of carbonyl (C=O) groups excluding carboxylic acids is 2. The third-order valence-electron chi connectivity index (χ3n) is 4.03. The highest BCUT2D eigenvalue weighted by Gasteiger charge is 2.41. The maximum absolute atomic E-state index is 12.7. The van der Waals surface area contributed by atoms with E-state index >= 15 is 0 Å². The number of hydrogen-bond acceptors (Lipinski definition) is 4. The van der Waals surface area contributed by atoms with E-state index in [9.17, 15) is 9.59 Å². The van der Waals surface area contributed by atoms with Gasteiger partial charge in [-0.25, -0.2) is 4.79 Å². The van der Waals surface area contributed by atoms with Crippen LogP contribution in [0.25, 0.3) is 0 Å². The van der Waals surface area contributed by atoms with E-state index in [2.05, 4.69) is 10.4 Å². The molecule has 1 aromatic carbocycles. The Balaban J connectivity index is 2.37. The molecule has 1 amide bonds. The van der Waals surface area contributed by atoms with E-state index in [0.717, 1.165) is 0 Å². The molecular weight excluding hydrogens is 306 g/mol. The van der Waals surface area contributed by atoms with E-state index in [-0.39, 0.29) is 11.7 Å². The highest BCUT2D eigenvalue weighted by atomic mass is 16.5. The molecule has 0 saturated carbocycles. The Morgan fingerprint density at radius 1 is 1.25 bits per heavy atom. The van der Waals surface area contributed by atoms with Gasteiger partial charge >= 0.3 is 5.97 Å². The highest BCUT2D eigenvalue weighted by Crippen LogP contribution is 2.27. The smallest absolute Gasteiger partial charge is 0.336 e. The van der Waals surface area contributed by atoms with Crippen LogP contribution in [0.5, 0.6) is 0 Å². The van der Waals surface area contributed by atoms with Crippen molar-refractivity contribution < 1.29 is 14.3 Å². The van der Waals surface area contributed by atoms with Crippen LogP contribution in [-0.4, -0.2) is 28.8 Å². The monoisotopic (exact) mass is 329 g/mol. The van der Waals surface area contributed by atoms with Crippen LogP contribution >= 0.6 is 0 Å². The lowest BCUT2D eigenvalue weighted by atomic mass is 9.87. The van der Waals surface area contributed by atoms with Crippen LogP contribution in [0.3, 0.4) is 0 Å². The molecule has 0 bridgehead atoms. The van der Waals surface area contributed by atoms with Crippen molar-refractivity contribution in [3.05, 3.63) is 53.9 Å². The zero-order valence-electron chi connectivity index (χ0n) is 14.4. The fraction of sp³-hybridized carbons (Fsp3) is 0.389. The van der Waals surface area contributed by atoms with E-state index in [0.29, 0.717) is 12.0 Å². The molecule has 0 aliphatic rings. The highest BCUT2D eigenvalue weighted by molar-refractivity contribution is 5.97. The lowest BCUT2D eigenvalue weighted by molar-refractivity contribution is -0.149. The number of nitrogens with one attached hydrogen (secondary N) is 1. The zero-order chi connectivity index (χ0) is 17.7. The Morgan fingerprint density at radius 2 is 1.92 bits per heavy atom. The molecule has 1 aromatic heterocycles. The molecule has 2 aromatic rings. The SMILES string of the molecule is CC[C@](NC(=O)c1ccn(C(C)C)n1)(C(=O)OC)c1ccccc1. The molecule has 1 atom stereocenters. The zero-order valence-corrected chi connectivity index (χ0v) is 14.4. The average Bonchev–Trinajstić information content (AvgIpc) is 3.10. The summed E-state index contributed by atoms with van der Waals surface area (Å²) in [5.74, 6) is -0.918. The van der Waals surface area contributed by atoms with Gasteiger partial charge in [0.2, 0.25) is 0 Å². The molecule has 2 rings (SSSR count). The first-order chi connectivity index (χ1) is 11.4. The van der Waals surface area contributed by atoms with Gasteiger partial charge in [-0.05, 0) is 31.9 Å². The van der Waals surface area contributed by atoms with Crippen molar-refractivity contribution in [1.82, 2.24) is 15.1 Å². The summed E-state index contributed by atoms with van der Waals surface area (Å²) in [5.41, 5.74) is -0.299. The fourth-order valence-electron chi connectivity index (χ4n) is 2.58. The first-order valence-electron chi connectivity index (χ1n) is 7.96. The normalized spacial score (nSPS) is 13.4. The van der Waals surface area contributed by atoms with E-state index in [4.69, 9.17) is 4.74 Å². The van der Waals surface area contributed by atoms with E-state index in [1.165, 1.54) is 7.11 Å². The van der Waals surface area contributed by atoms with Gasteiger partial charge in [-0.2, -0.15) is 5.10 Å². The van der Waals surface area contributed by atoms with Gasteiger partial charge in [0, 0.05) is 12.2 Å². The van der Waals surface area contributed by atoms with E-state index in [1.54, 1.807) is 29.1 Å². The number of rotatable bonds is 6. The van der Waals surface area contributed by atoms with Crippen molar-refractivity contribution in [2.45, 2.75) is 38.8 Å². The van der Waals surface area contributed by atoms with Gasteiger partial charge in [-0.1, -0.05) is 37.3 Å². The Bertz CT molecular complexity index is 709. The van der Waals surface area contributed by atoms with Crippen LogP contribution in [-0.2, 0) is 15.1 Å². The number of methoxy groups -OCH3 is 1. The number of benzene rings is 1.